The van der Waals surface area contributed by atoms with Gasteiger partial charge in [-0.25, -0.2) is 0 Å². The molecule has 0 saturated carbocycles. The summed E-state index contributed by atoms with van der Waals surface area (Å²) in [5.74, 6) is 0.334. The average molecular weight is 296 g/mol. The third-order valence-electron chi connectivity index (χ3n) is 4.34. The van der Waals surface area contributed by atoms with Gasteiger partial charge in [0.25, 0.3) is 0 Å². The van der Waals surface area contributed by atoms with Crippen molar-refractivity contribution in [1.82, 2.24) is 0 Å². The van der Waals surface area contributed by atoms with Crippen LogP contribution in [0, 0.1) is 0 Å². The molecule has 0 saturated heterocycles. The molecule has 0 atom stereocenters. The maximum Gasteiger partial charge on any atom is 0.139 e. The summed E-state index contributed by atoms with van der Waals surface area (Å²) in [5.41, 5.74) is 4.56. The lowest BCUT2D eigenvalue weighted by Gasteiger charge is -2.25. The maximum atomic E-state index is 10.4. The molecule has 0 aromatic heterocycles. The van der Waals surface area contributed by atoms with Gasteiger partial charge in [0.1, 0.15) is 5.75 Å². The second-order valence-corrected chi connectivity index (χ2v) is 6.87. The van der Waals surface area contributed by atoms with Crippen LogP contribution in [0.15, 0.2) is 42.5 Å². The van der Waals surface area contributed by atoms with Crippen molar-refractivity contribution in [2.45, 2.75) is 33.1 Å². The quantitative estimate of drug-likeness (QED) is 0.875. The molecular weight excluding hydrogens is 272 g/mol. The maximum absolute atomic E-state index is 10.4. The minimum absolute atomic E-state index is 0.0616. The SMILES string of the molecule is CCN1CN(c2cc(C(C)(C)C)ccc2O)c2ccccc21. The monoisotopic (exact) mass is 296 g/mol. The summed E-state index contributed by atoms with van der Waals surface area (Å²) in [7, 11) is 0. The number of fused-ring (bicyclic) bond motifs is 1. The summed E-state index contributed by atoms with van der Waals surface area (Å²) >= 11 is 0. The lowest BCUT2D eigenvalue weighted by Crippen LogP contribution is -2.27. The lowest BCUT2D eigenvalue weighted by atomic mass is 9.86. The van der Waals surface area contributed by atoms with Crippen molar-refractivity contribution in [3.63, 3.8) is 0 Å². The number of aromatic hydroxyl groups is 1. The van der Waals surface area contributed by atoms with Crippen molar-refractivity contribution in [2.24, 2.45) is 0 Å². The third kappa shape index (κ3) is 2.41. The van der Waals surface area contributed by atoms with Crippen LogP contribution in [0.5, 0.6) is 5.75 Å². The number of nitrogens with zero attached hydrogens (tertiary/aromatic N) is 2. The molecule has 0 spiro atoms. The van der Waals surface area contributed by atoms with Gasteiger partial charge in [-0.3, -0.25) is 0 Å². The molecule has 2 aromatic carbocycles. The molecule has 1 aliphatic heterocycles. The molecular formula is C19H24N2O. The van der Waals surface area contributed by atoms with Crippen LogP contribution in [0.2, 0.25) is 0 Å². The predicted octanol–water partition coefficient (Wildman–Crippen LogP) is 4.63. The summed E-state index contributed by atoms with van der Waals surface area (Å²) < 4.78 is 0. The van der Waals surface area contributed by atoms with Crippen molar-refractivity contribution in [3.05, 3.63) is 48.0 Å². The zero-order chi connectivity index (χ0) is 15.9. The van der Waals surface area contributed by atoms with Gasteiger partial charge in [0, 0.05) is 6.54 Å². The van der Waals surface area contributed by atoms with Crippen LogP contribution in [0.25, 0.3) is 0 Å². The fourth-order valence-electron chi connectivity index (χ4n) is 2.97. The molecule has 1 heterocycles. The van der Waals surface area contributed by atoms with Gasteiger partial charge in [0.15, 0.2) is 0 Å². The predicted molar refractivity (Wildman–Crippen MR) is 93.3 cm³/mol. The number of para-hydroxylation sites is 2. The van der Waals surface area contributed by atoms with Crippen molar-refractivity contribution in [2.75, 3.05) is 23.0 Å². The van der Waals surface area contributed by atoms with E-state index in [4.69, 9.17) is 0 Å². The first-order valence-electron chi connectivity index (χ1n) is 7.87. The van der Waals surface area contributed by atoms with Crippen LogP contribution in [0.3, 0.4) is 0 Å². The van der Waals surface area contributed by atoms with E-state index in [0.717, 1.165) is 24.6 Å². The first-order valence-corrected chi connectivity index (χ1v) is 7.87. The van der Waals surface area contributed by atoms with Crippen LogP contribution in [-0.2, 0) is 5.41 Å². The minimum atomic E-state index is 0.0616. The Morgan fingerprint density at radius 1 is 1.00 bits per heavy atom. The molecule has 22 heavy (non-hydrogen) atoms. The normalized spacial score (nSPS) is 14.4. The van der Waals surface area contributed by atoms with E-state index in [-0.39, 0.29) is 5.41 Å². The summed E-state index contributed by atoms with van der Waals surface area (Å²) in [6.45, 7) is 10.5. The van der Waals surface area contributed by atoms with E-state index in [1.807, 2.05) is 12.1 Å². The Hall–Kier alpha value is -2.16. The fourth-order valence-corrected chi connectivity index (χ4v) is 2.97. The van der Waals surface area contributed by atoms with E-state index >= 15 is 0 Å². The number of hydrogen-bond donors (Lipinski definition) is 1. The van der Waals surface area contributed by atoms with E-state index in [0.29, 0.717) is 5.75 Å². The molecule has 0 radical (unpaired) electrons. The number of phenols is 1. The van der Waals surface area contributed by atoms with Crippen molar-refractivity contribution in [3.8, 4) is 5.75 Å². The van der Waals surface area contributed by atoms with Gasteiger partial charge in [-0.1, -0.05) is 39.0 Å². The number of hydrogen-bond acceptors (Lipinski definition) is 3. The summed E-state index contributed by atoms with van der Waals surface area (Å²) in [6, 6.07) is 14.3. The Labute approximate surface area is 132 Å². The zero-order valence-corrected chi connectivity index (χ0v) is 13.8. The van der Waals surface area contributed by atoms with Gasteiger partial charge in [0.2, 0.25) is 0 Å². The second kappa shape index (κ2) is 5.24. The first kappa shape index (κ1) is 14.8. The molecule has 3 rings (SSSR count). The van der Waals surface area contributed by atoms with Crippen molar-refractivity contribution in [1.29, 1.82) is 0 Å². The number of rotatable bonds is 2. The molecule has 116 valence electrons. The fraction of sp³-hybridized carbons (Fsp3) is 0.368. The van der Waals surface area contributed by atoms with E-state index < -0.39 is 0 Å². The molecule has 3 nitrogen and oxygen atoms in total. The van der Waals surface area contributed by atoms with Gasteiger partial charge in [-0.05, 0) is 42.2 Å². The molecule has 0 fully saturated rings. The lowest BCUT2D eigenvalue weighted by molar-refractivity contribution is 0.474. The third-order valence-corrected chi connectivity index (χ3v) is 4.34. The Balaban J connectivity index is 2.09. The minimum Gasteiger partial charge on any atom is -0.506 e. The van der Waals surface area contributed by atoms with Crippen LogP contribution in [-0.4, -0.2) is 18.3 Å². The van der Waals surface area contributed by atoms with Gasteiger partial charge in [-0.2, -0.15) is 0 Å². The van der Waals surface area contributed by atoms with Gasteiger partial charge in [0.05, 0.1) is 23.7 Å². The van der Waals surface area contributed by atoms with E-state index in [9.17, 15) is 5.11 Å². The Morgan fingerprint density at radius 3 is 2.32 bits per heavy atom. The molecule has 0 aliphatic carbocycles. The topological polar surface area (TPSA) is 26.7 Å². The standard InChI is InChI=1S/C19H24N2O/c1-5-20-13-21(16-9-7-6-8-15(16)20)17-12-14(19(2,3)4)10-11-18(17)22/h6-12,22H,5,13H2,1-4H3. The smallest absolute Gasteiger partial charge is 0.139 e. The average Bonchev–Trinajstić information content (AvgIpc) is 2.85. The van der Waals surface area contributed by atoms with Crippen molar-refractivity contribution < 1.29 is 5.11 Å². The second-order valence-electron chi connectivity index (χ2n) is 6.87. The van der Waals surface area contributed by atoms with E-state index in [1.165, 1.54) is 11.3 Å². The molecule has 0 bridgehead atoms. The van der Waals surface area contributed by atoms with Gasteiger partial charge >= 0.3 is 0 Å². The van der Waals surface area contributed by atoms with Gasteiger partial charge < -0.3 is 14.9 Å². The first-order chi connectivity index (χ1) is 10.4. The summed E-state index contributed by atoms with van der Waals surface area (Å²) in [5, 5.41) is 10.4. The number of benzene rings is 2. The Morgan fingerprint density at radius 2 is 1.68 bits per heavy atom. The molecule has 1 N–H and O–H groups in total. The van der Waals surface area contributed by atoms with Crippen molar-refractivity contribution >= 4 is 17.1 Å². The highest BCUT2D eigenvalue weighted by Gasteiger charge is 2.28. The molecule has 0 unspecified atom stereocenters. The highest BCUT2D eigenvalue weighted by atomic mass is 16.3. The van der Waals surface area contributed by atoms with Crippen LogP contribution >= 0.6 is 0 Å². The molecule has 1 aliphatic rings. The van der Waals surface area contributed by atoms with E-state index in [1.54, 1.807) is 0 Å². The van der Waals surface area contributed by atoms with Gasteiger partial charge in [-0.15, -0.1) is 0 Å². The van der Waals surface area contributed by atoms with Crippen LogP contribution in [0.1, 0.15) is 33.3 Å². The zero-order valence-electron chi connectivity index (χ0n) is 13.8. The Bertz CT molecular complexity index is 688. The highest BCUT2D eigenvalue weighted by molar-refractivity contribution is 5.84. The largest absolute Gasteiger partial charge is 0.506 e. The summed E-state index contributed by atoms with van der Waals surface area (Å²) in [4.78, 5) is 4.52. The number of phenolic OH excluding ortho intramolecular Hbond substituents is 1. The Kier molecular flexibility index (Phi) is 3.51. The molecule has 0 amide bonds. The van der Waals surface area contributed by atoms with Crippen LogP contribution in [0.4, 0.5) is 17.1 Å². The molecule has 3 heteroatoms. The summed E-state index contributed by atoms with van der Waals surface area (Å²) in [6.07, 6.45) is 0. The van der Waals surface area contributed by atoms with E-state index in [2.05, 4.69) is 67.8 Å². The molecule has 2 aromatic rings. The highest BCUT2D eigenvalue weighted by Crippen LogP contribution is 2.44. The van der Waals surface area contributed by atoms with Crippen LogP contribution < -0.4 is 9.80 Å². The number of anilines is 3.